The smallest absolute Gasteiger partial charge is 0.279 e. The van der Waals surface area contributed by atoms with Gasteiger partial charge >= 0.3 is 0 Å². The predicted molar refractivity (Wildman–Crippen MR) is 120 cm³/mol. The number of anilines is 2. The van der Waals surface area contributed by atoms with Gasteiger partial charge in [0, 0.05) is 29.4 Å². The second kappa shape index (κ2) is 10.5. The molecule has 0 saturated heterocycles. The van der Waals surface area contributed by atoms with Crippen molar-refractivity contribution in [1.82, 2.24) is 0 Å². The van der Waals surface area contributed by atoms with Gasteiger partial charge < -0.3 is 16.0 Å². The fourth-order valence-electron chi connectivity index (χ4n) is 3.40. The summed E-state index contributed by atoms with van der Waals surface area (Å²) in [5.74, 6) is -0.620. The second-order valence-electron chi connectivity index (χ2n) is 7.37. The number of carbonyl (C=O) groups is 2. The molecule has 0 radical (unpaired) electrons. The average Bonchev–Trinajstić information content (AvgIpc) is 2.75. The minimum Gasteiger partial charge on any atom is -0.328 e. The van der Waals surface area contributed by atoms with Gasteiger partial charge in [0.2, 0.25) is 5.91 Å². The molecule has 0 spiro atoms. The molecule has 31 heavy (non-hydrogen) atoms. The topological polar surface area (TPSA) is 74.8 Å². The molecule has 0 heterocycles. The second-order valence-corrected chi connectivity index (χ2v) is 7.37. The lowest BCUT2D eigenvalue weighted by Crippen LogP contribution is -2.87. The molecule has 1 atom stereocenters. The molecule has 0 aliphatic rings. The summed E-state index contributed by atoms with van der Waals surface area (Å²) in [4.78, 5) is 23.6. The van der Waals surface area contributed by atoms with E-state index in [1.165, 1.54) is 24.6 Å². The van der Waals surface area contributed by atoms with Gasteiger partial charge in [-0.1, -0.05) is 43.3 Å². The van der Waals surface area contributed by atoms with E-state index in [0.717, 1.165) is 17.5 Å². The molecule has 6 heteroatoms. The third-order valence-electron chi connectivity index (χ3n) is 4.98. The fraction of sp³-hybridized carbons (Fsp3) is 0.200. The van der Waals surface area contributed by atoms with E-state index in [-0.39, 0.29) is 30.2 Å². The molecule has 3 rings (SSSR count). The van der Waals surface area contributed by atoms with Crippen molar-refractivity contribution >= 4 is 23.2 Å². The van der Waals surface area contributed by atoms with Crippen LogP contribution in [-0.2, 0) is 16.0 Å². The molecule has 0 saturated carbocycles. The Labute approximate surface area is 181 Å². The minimum absolute atomic E-state index is 0.151. The highest BCUT2D eigenvalue weighted by atomic mass is 19.1. The highest BCUT2D eigenvalue weighted by Gasteiger charge is 2.20. The largest absolute Gasteiger partial charge is 0.328 e. The Morgan fingerprint density at radius 3 is 2.13 bits per heavy atom. The van der Waals surface area contributed by atoms with Crippen molar-refractivity contribution < 1.29 is 19.3 Å². The van der Waals surface area contributed by atoms with E-state index in [1.54, 1.807) is 30.3 Å². The summed E-state index contributed by atoms with van der Waals surface area (Å²) >= 11 is 0. The van der Waals surface area contributed by atoms with Gasteiger partial charge in [0.1, 0.15) is 11.9 Å². The van der Waals surface area contributed by atoms with E-state index in [2.05, 4.69) is 29.7 Å². The number of nitrogens with one attached hydrogen (secondary N) is 2. The molecule has 0 aromatic heterocycles. The lowest BCUT2D eigenvalue weighted by molar-refractivity contribution is -0.676. The normalized spacial score (nSPS) is 11.6. The standard InChI is InChI=1S/C25H26FN3O2/c1-3-18-7-9-19(10-8-18)25(20-5-4-6-21(26)15-20)27-16-24(31)29-23-13-11-22(12-14-23)28-17(2)30/h4-15,25,27H,3,16H2,1-2H3,(H,28,30)(H,29,31)/p+1/t25-/m0/s1. The molecule has 160 valence electrons. The van der Waals surface area contributed by atoms with Crippen LogP contribution in [0.25, 0.3) is 0 Å². The average molecular weight is 421 g/mol. The predicted octanol–water partition coefficient (Wildman–Crippen LogP) is 3.64. The Bertz CT molecular complexity index is 1030. The number of hydrogen-bond acceptors (Lipinski definition) is 2. The minimum atomic E-state index is -0.301. The van der Waals surface area contributed by atoms with E-state index in [4.69, 9.17) is 0 Å². The van der Waals surface area contributed by atoms with Crippen LogP contribution in [0.15, 0.2) is 72.8 Å². The molecule has 0 unspecified atom stereocenters. The lowest BCUT2D eigenvalue weighted by atomic mass is 9.97. The number of aryl methyl sites for hydroxylation is 1. The number of rotatable bonds is 8. The fourth-order valence-corrected chi connectivity index (χ4v) is 3.40. The van der Waals surface area contributed by atoms with Crippen LogP contribution < -0.4 is 16.0 Å². The summed E-state index contributed by atoms with van der Waals surface area (Å²) in [7, 11) is 0. The third kappa shape index (κ3) is 6.49. The van der Waals surface area contributed by atoms with Crippen LogP contribution in [0.1, 0.15) is 36.6 Å². The van der Waals surface area contributed by atoms with Gasteiger partial charge in [-0.25, -0.2) is 4.39 Å². The number of nitrogens with two attached hydrogens (primary N) is 1. The quantitative estimate of drug-likeness (QED) is 0.521. The van der Waals surface area contributed by atoms with E-state index >= 15 is 0 Å². The van der Waals surface area contributed by atoms with E-state index in [9.17, 15) is 14.0 Å². The number of quaternary nitrogens is 1. The van der Waals surface area contributed by atoms with Crippen molar-refractivity contribution in [3.05, 3.63) is 95.3 Å². The highest BCUT2D eigenvalue weighted by molar-refractivity contribution is 5.92. The van der Waals surface area contributed by atoms with E-state index in [0.29, 0.717) is 11.4 Å². The SMILES string of the molecule is CCc1ccc([C@H]([NH2+]CC(=O)Nc2ccc(NC(C)=O)cc2)c2cccc(F)c2)cc1. The Morgan fingerprint density at radius 1 is 0.903 bits per heavy atom. The Hall–Kier alpha value is -3.51. The molecule has 0 aliphatic heterocycles. The lowest BCUT2D eigenvalue weighted by Gasteiger charge is -2.17. The highest BCUT2D eigenvalue weighted by Crippen LogP contribution is 2.20. The summed E-state index contributed by atoms with van der Waals surface area (Å²) in [6, 6.07) is 21.4. The molecular formula is C25H27FN3O2+. The molecule has 5 nitrogen and oxygen atoms in total. The third-order valence-corrected chi connectivity index (χ3v) is 4.98. The zero-order chi connectivity index (χ0) is 22.2. The Morgan fingerprint density at radius 2 is 1.55 bits per heavy atom. The first-order chi connectivity index (χ1) is 14.9. The van der Waals surface area contributed by atoms with Crippen LogP contribution in [0.3, 0.4) is 0 Å². The summed E-state index contributed by atoms with van der Waals surface area (Å²) in [5.41, 5.74) is 4.34. The van der Waals surface area contributed by atoms with E-state index < -0.39 is 0 Å². The van der Waals surface area contributed by atoms with Crippen LogP contribution >= 0.6 is 0 Å². The van der Waals surface area contributed by atoms with Gasteiger partial charge in [-0.15, -0.1) is 0 Å². The van der Waals surface area contributed by atoms with Crippen molar-refractivity contribution in [1.29, 1.82) is 0 Å². The molecule has 0 fully saturated rings. The molecule has 3 aromatic rings. The van der Waals surface area contributed by atoms with Crippen LogP contribution in [-0.4, -0.2) is 18.4 Å². The maximum atomic E-state index is 13.8. The molecule has 0 bridgehead atoms. The number of benzene rings is 3. The summed E-state index contributed by atoms with van der Waals surface area (Å²) in [5, 5.41) is 7.44. The van der Waals surface area contributed by atoms with Crippen molar-refractivity contribution in [3.8, 4) is 0 Å². The molecule has 4 N–H and O–H groups in total. The summed E-state index contributed by atoms with van der Waals surface area (Å²) in [6.45, 7) is 3.71. The van der Waals surface area contributed by atoms with Gasteiger partial charge in [-0.3, -0.25) is 9.59 Å². The Balaban J connectivity index is 1.69. The van der Waals surface area contributed by atoms with Crippen LogP contribution in [0.2, 0.25) is 0 Å². The summed E-state index contributed by atoms with van der Waals surface area (Å²) in [6.07, 6.45) is 0.942. The monoisotopic (exact) mass is 420 g/mol. The molecule has 2 amide bonds. The van der Waals surface area contributed by atoms with E-state index in [1.807, 2.05) is 23.5 Å². The van der Waals surface area contributed by atoms with Crippen molar-refractivity contribution in [2.45, 2.75) is 26.3 Å². The number of hydrogen-bond donors (Lipinski definition) is 3. The zero-order valence-corrected chi connectivity index (χ0v) is 17.7. The van der Waals surface area contributed by atoms with Gasteiger partial charge in [0.25, 0.3) is 5.91 Å². The van der Waals surface area contributed by atoms with Crippen LogP contribution in [0.5, 0.6) is 0 Å². The van der Waals surface area contributed by atoms with Gasteiger partial charge in [-0.2, -0.15) is 0 Å². The number of carbonyl (C=O) groups excluding carboxylic acids is 2. The van der Waals surface area contributed by atoms with Crippen molar-refractivity contribution in [2.24, 2.45) is 0 Å². The molecule has 3 aromatic carbocycles. The first-order valence-corrected chi connectivity index (χ1v) is 10.3. The Kier molecular flexibility index (Phi) is 7.51. The molecule has 0 aliphatic carbocycles. The maximum Gasteiger partial charge on any atom is 0.279 e. The van der Waals surface area contributed by atoms with Crippen LogP contribution in [0, 0.1) is 5.82 Å². The zero-order valence-electron chi connectivity index (χ0n) is 17.7. The van der Waals surface area contributed by atoms with Crippen molar-refractivity contribution in [2.75, 3.05) is 17.2 Å². The summed E-state index contributed by atoms with van der Waals surface area (Å²) < 4.78 is 13.8. The number of amides is 2. The first-order valence-electron chi connectivity index (χ1n) is 10.3. The van der Waals surface area contributed by atoms with Gasteiger partial charge in [0.05, 0.1) is 0 Å². The first kappa shape index (κ1) is 22.2. The maximum absolute atomic E-state index is 13.8. The van der Waals surface area contributed by atoms with Crippen molar-refractivity contribution in [3.63, 3.8) is 0 Å². The van der Waals surface area contributed by atoms with Crippen LogP contribution in [0.4, 0.5) is 15.8 Å². The van der Waals surface area contributed by atoms with Gasteiger partial charge in [0.15, 0.2) is 6.54 Å². The van der Waals surface area contributed by atoms with Gasteiger partial charge in [-0.05, 0) is 48.4 Å². The molecular weight excluding hydrogens is 393 g/mol. The number of halogens is 1.